The van der Waals surface area contributed by atoms with E-state index >= 15 is 0 Å². The topological polar surface area (TPSA) is 131 Å². The number of aryl methyl sites for hydroxylation is 1. The molecule has 1 amide bonds. The maximum absolute atomic E-state index is 13.6. The third-order valence-corrected chi connectivity index (χ3v) is 5.89. The van der Waals surface area contributed by atoms with Crippen LogP contribution >= 0.6 is 0 Å². The summed E-state index contributed by atoms with van der Waals surface area (Å²) in [5.41, 5.74) is 3.22. The number of halogens is 1. The summed E-state index contributed by atoms with van der Waals surface area (Å²) in [5, 5.41) is 13.7. The van der Waals surface area contributed by atoms with Crippen LogP contribution in [-0.4, -0.2) is 38.9 Å². The lowest BCUT2D eigenvalue weighted by atomic mass is 10.0. The van der Waals surface area contributed by atoms with E-state index in [0.29, 0.717) is 40.8 Å². The highest BCUT2D eigenvalue weighted by atomic mass is 19.1. The van der Waals surface area contributed by atoms with Crippen LogP contribution in [-0.2, 0) is 11.4 Å². The van der Waals surface area contributed by atoms with Crippen molar-refractivity contribution in [3.63, 3.8) is 0 Å². The van der Waals surface area contributed by atoms with Crippen LogP contribution in [0.4, 0.5) is 4.39 Å². The highest BCUT2D eigenvalue weighted by Crippen LogP contribution is 2.43. The molecular weight excluding hydrogens is 455 g/mol. The summed E-state index contributed by atoms with van der Waals surface area (Å²) < 4.78 is 18.6. The second kappa shape index (κ2) is 9.24. The minimum atomic E-state index is -0.474. The number of aromatic nitrogens is 4. The molecule has 0 radical (unpaired) electrons. The van der Waals surface area contributed by atoms with Crippen molar-refractivity contribution in [1.82, 2.24) is 25.5 Å². The van der Waals surface area contributed by atoms with E-state index in [1.165, 1.54) is 19.2 Å². The minimum Gasteiger partial charge on any atom is -0.494 e. The monoisotopic (exact) mass is 478 g/mol. The van der Waals surface area contributed by atoms with E-state index in [9.17, 15) is 14.0 Å². The Bertz CT molecular complexity index is 1380. The predicted molar refractivity (Wildman–Crippen MR) is 123 cm³/mol. The Hall–Kier alpha value is -4.15. The third kappa shape index (κ3) is 4.88. The average molecular weight is 478 g/mol. The molecule has 1 aromatic carbocycles. The summed E-state index contributed by atoms with van der Waals surface area (Å²) in [6, 6.07) is 7.52. The zero-order valence-corrected chi connectivity index (χ0v) is 19.2. The molecule has 2 N–H and O–H groups in total. The van der Waals surface area contributed by atoms with E-state index in [4.69, 9.17) is 9.57 Å². The van der Waals surface area contributed by atoms with Crippen LogP contribution in [0, 0.1) is 12.7 Å². The average Bonchev–Trinajstić information content (AvgIpc) is 3.59. The number of nitrogens with zero attached hydrogens (tertiary/aromatic N) is 4. The van der Waals surface area contributed by atoms with Gasteiger partial charge in [0.15, 0.2) is 17.7 Å². The number of amides is 1. The molecule has 3 heterocycles. The molecule has 0 spiro atoms. The molecule has 1 fully saturated rings. The Morgan fingerprint density at radius 3 is 2.86 bits per heavy atom. The molecule has 11 heteroatoms. The third-order valence-electron chi connectivity index (χ3n) is 5.89. The highest BCUT2D eigenvalue weighted by molar-refractivity contribution is 6.02. The fourth-order valence-corrected chi connectivity index (χ4v) is 4.00. The van der Waals surface area contributed by atoms with Crippen LogP contribution in [0.5, 0.6) is 5.75 Å². The Kier molecular flexibility index (Phi) is 5.98. The van der Waals surface area contributed by atoms with E-state index < -0.39 is 17.8 Å². The van der Waals surface area contributed by atoms with Gasteiger partial charge < -0.3 is 14.9 Å². The molecule has 0 saturated heterocycles. The Balaban J connectivity index is 1.30. The van der Waals surface area contributed by atoms with E-state index in [1.54, 1.807) is 25.1 Å². The van der Waals surface area contributed by atoms with Gasteiger partial charge in [0, 0.05) is 19.0 Å². The molecular formula is C24H23FN6O4. The van der Waals surface area contributed by atoms with Crippen LogP contribution in [0.15, 0.2) is 40.3 Å². The molecule has 0 bridgehead atoms. The molecule has 1 aliphatic heterocycles. The molecule has 35 heavy (non-hydrogen) atoms. The molecule has 3 aromatic rings. The summed E-state index contributed by atoms with van der Waals surface area (Å²) >= 11 is 0. The molecule has 1 atom stereocenters. The van der Waals surface area contributed by atoms with E-state index in [0.717, 1.165) is 18.4 Å². The number of benzene rings is 1. The van der Waals surface area contributed by atoms with Gasteiger partial charge in [0.05, 0.1) is 12.8 Å². The Morgan fingerprint density at radius 1 is 1.26 bits per heavy atom. The highest BCUT2D eigenvalue weighted by Gasteiger charge is 2.34. The summed E-state index contributed by atoms with van der Waals surface area (Å²) in [7, 11) is 1.38. The van der Waals surface area contributed by atoms with Crippen LogP contribution in [0.25, 0.3) is 0 Å². The summed E-state index contributed by atoms with van der Waals surface area (Å²) in [6.07, 6.45) is 1.99. The van der Waals surface area contributed by atoms with Crippen LogP contribution < -0.4 is 15.6 Å². The van der Waals surface area contributed by atoms with Crippen molar-refractivity contribution in [2.24, 2.45) is 5.16 Å². The minimum absolute atomic E-state index is 0.104. The van der Waals surface area contributed by atoms with Gasteiger partial charge >= 0.3 is 0 Å². The van der Waals surface area contributed by atoms with Crippen molar-refractivity contribution < 1.29 is 18.8 Å². The van der Waals surface area contributed by atoms with Gasteiger partial charge in [0.25, 0.3) is 11.5 Å². The fraction of sp³-hybridized carbons (Fsp3) is 0.333. The van der Waals surface area contributed by atoms with Crippen LogP contribution in [0.3, 0.4) is 0 Å². The van der Waals surface area contributed by atoms with Gasteiger partial charge in [0.1, 0.15) is 22.9 Å². The molecule has 1 aliphatic carbocycles. The Labute approximate surface area is 199 Å². The predicted octanol–water partition coefficient (Wildman–Crippen LogP) is 2.69. The first kappa shape index (κ1) is 22.6. The van der Waals surface area contributed by atoms with Crippen molar-refractivity contribution in [3.05, 3.63) is 80.5 Å². The number of rotatable bonds is 7. The quantitative estimate of drug-likeness (QED) is 0.534. The number of carbonyl (C=O) groups is 1. The van der Waals surface area contributed by atoms with Gasteiger partial charge in [0.2, 0.25) is 0 Å². The zero-order chi connectivity index (χ0) is 24.5. The van der Waals surface area contributed by atoms with Crippen molar-refractivity contribution in [2.45, 2.75) is 44.8 Å². The smallest absolute Gasteiger partial charge is 0.270 e. The lowest BCUT2D eigenvalue weighted by molar-refractivity contribution is 0.0810. The molecule has 1 saturated carbocycles. The fourth-order valence-electron chi connectivity index (χ4n) is 4.00. The van der Waals surface area contributed by atoms with Gasteiger partial charge in [-0.15, -0.1) is 0 Å². The van der Waals surface area contributed by atoms with Crippen molar-refractivity contribution in [1.29, 1.82) is 0 Å². The zero-order valence-electron chi connectivity index (χ0n) is 19.2. The van der Waals surface area contributed by atoms with Crippen molar-refractivity contribution in [2.75, 3.05) is 7.11 Å². The molecule has 10 nitrogen and oxygen atoms in total. The number of hydrogen-bond acceptors (Lipinski definition) is 8. The molecule has 180 valence electrons. The molecule has 2 aromatic heterocycles. The number of hydrogen-bond donors (Lipinski definition) is 2. The number of nitrogens with one attached hydrogen (secondary N) is 2. The van der Waals surface area contributed by atoms with Crippen molar-refractivity contribution in [3.8, 4) is 5.75 Å². The normalized spacial score (nSPS) is 17.0. The van der Waals surface area contributed by atoms with Gasteiger partial charge in [-0.05, 0) is 55.0 Å². The lowest BCUT2D eigenvalue weighted by Gasteiger charge is -2.11. The van der Waals surface area contributed by atoms with E-state index in [2.05, 4.69) is 30.6 Å². The second-order valence-corrected chi connectivity index (χ2v) is 8.52. The van der Waals surface area contributed by atoms with Gasteiger partial charge in [-0.3, -0.25) is 9.59 Å². The molecule has 5 rings (SSSR count). The standard InChI is InChI=1S/C24H23FN6O4/c1-12-27-17(9-19(28-12)24(33)26-11-13-3-6-16(25)20(7-13)34-2)18-10-21(35-31-18)23-15(14-4-5-14)8-22(32)29-30-23/h3,6-9,14,21H,4-5,10-11H2,1-2H3,(H,26,33)(H,29,32). The lowest BCUT2D eigenvalue weighted by Crippen LogP contribution is -2.25. The number of carbonyl (C=O) groups excluding carboxylic acids is 1. The van der Waals surface area contributed by atoms with Crippen molar-refractivity contribution >= 4 is 11.6 Å². The summed E-state index contributed by atoms with van der Waals surface area (Å²) in [4.78, 5) is 38.8. The maximum atomic E-state index is 13.6. The van der Waals surface area contributed by atoms with E-state index in [-0.39, 0.29) is 23.5 Å². The number of aromatic amines is 1. The second-order valence-electron chi connectivity index (χ2n) is 8.52. The Morgan fingerprint density at radius 2 is 2.09 bits per heavy atom. The number of methoxy groups -OCH3 is 1. The van der Waals surface area contributed by atoms with Crippen LogP contribution in [0.2, 0.25) is 0 Å². The van der Waals surface area contributed by atoms with Crippen LogP contribution in [0.1, 0.15) is 70.1 Å². The first-order chi connectivity index (χ1) is 16.9. The summed E-state index contributed by atoms with van der Waals surface area (Å²) in [5.74, 6) is -0.0482. The van der Waals surface area contributed by atoms with Gasteiger partial charge in [-0.2, -0.15) is 5.10 Å². The number of oxime groups is 1. The first-order valence-corrected chi connectivity index (χ1v) is 11.2. The largest absolute Gasteiger partial charge is 0.494 e. The number of H-pyrrole nitrogens is 1. The van der Waals surface area contributed by atoms with E-state index in [1.807, 2.05) is 0 Å². The van der Waals surface area contributed by atoms with Gasteiger partial charge in [-0.25, -0.2) is 19.5 Å². The molecule has 1 unspecified atom stereocenters. The first-order valence-electron chi connectivity index (χ1n) is 11.2. The number of ether oxygens (including phenoxy) is 1. The molecule has 2 aliphatic rings. The maximum Gasteiger partial charge on any atom is 0.270 e. The summed E-state index contributed by atoms with van der Waals surface area (Å²) in [6.45, 7) is 1.86. The SMILES string of the molecule is COc1cc(CNC(=O)c2cc(C3=NOC(c4n[nH]c(=O)cc4C4CC4)C3)nc(C)n2)ccc1F. The van der Waals surface area contributed by atoms with Gasteiger partial charge in [-0.1, -0.05) is 11.2 Å².